The summed E-state index contributed by atoms with van der Waals surface area (Å²) in [7, 11) is 0. The molecule has 2 unspecified atom stereocenters. The van der Waals surface area contributed by atoms with Crippen LogP contribution in [0.5, 0.6) is 0 Å². The van der Waals surface area contributed by atoms with E-state index in [4.69, 9.17) is 9.57 Å². The van der Waals surface area contributed by atoms with Gasteiger partial charge in [-0.25, -0.2) is 10.3 Å². The lowest BCUT2D eigenvalue weighted by Gasteiger charge is -2.31. The second kappa shape index (κ2) is 17.8. The van der Waals surface area contributed by atoms with Gasteiger partial charge in [-0.2, -0.15) is 0 Å². The van der Waals surface area contributed by atoms with Gasteiger partial charge in [0.25, 0.3) is 0 Å². The zero-order valence-electron chi connectivity index (χ0n) is 24.8. The fraction of sp³-hybridized carbons (Fsp3) is 0.645. The van der Waals surface area contributed by atoms with Crippen molar-refractivity contribution in [2.24, 2.45) is 23.7 Å². The van der Waals surface area contributed by atoms with Crippen LogP contribution in [0, 0.1) is 23.7 Å². The molecule has 1 saturated heterocycles. The van der Waals surface area contributed by atoms with E-state index in [-0.39, 0.29) is 30.1 Å². The van der Waals surface area contributed by atoms with E-state index < -0.39 is 30.1 Å². The fourth-order valence-corrected chi connectivity index (χ4v) is 4.59. The van der Waals surface area contributed by atoms with Gasteiger partial charge in [0, 0.05) is 26.0 Å². The van der Waals surface area contributed by atoms with Crippen molar-refractivity contribution in [2.45, 2.75) is 92.0 Å². The van der Waals surface area contributed by atoms with E-state index in [0.29, 0.717) is 38.8 Å². The Balaban J connectivity index is 2.26. The molecule has 0 radical (unpaired) electrons. The summed E-state index contributed by atoms with van der Waals surface area (Å²) in [6.45, 7) is 10.5. The van der Waals surface area contributed by atoms with Crippen LogP contribution in [0.3, 0.4) is 0 Å². The van der Waals surface area contributed by atoms with Crippen molar-refractivity contribution in [3.05, 3.63) is 42.0 Å². The summed E-state index contributed by atoms with van der Waals surface area (Å²) < 4.78 is 5.58. The fourth-order valence-electron chi connectivity index (χ4n) is 4.59. The summed E-state index contributed by atoms with van der Waals surface area (Å²) in [5.41, 5.74) is 6.38. The molecule has 9 heteroatoms. The van der Waals surface area contributed by atoms with Gasteiger partial charge in [0.1, 0.15) is 0 Å². The van der Waals surface area contributed by atoms with E-state index in [2.05, 4.69) is 10.9 Å². The zero-order valence-corrected chi connectivity index (χ0v) is 24.8. The first-order chi connectivity index (χ1) is 19.1. The predicted octanol–water partition coefficient (Wildman–Crippen LogP) is 4.62. The third-order valence-electron chi connectivity index (χ3n) is 6.68. The maximum Gasteiger partial charge on any atom is 0.247 e. The molecule has 3 amide bonds. The predicted molar refractivity (Wildman–Crippen MR) is 155 cm³/mol. The molecular weight excluding hydrogens is 510 g/mol. The molecule has 1 aliphatic heterocycles. The zero-order chi connectivity index (χ0) is 29.5. The molecule has 224 valence electrons. The summed E-state index contributed by atoms with van der Waals surface area (Å²) in [4.78, 5) is 45.8. The minimum Gasteiger partial charge on any atom is -0.393 e. The van der Waals surface area contributed by atoms with Gasteiger partial charge in [-0.15, -0.1) is 0 Å². The number of hydrogen-bond donors (Lipinski definition) is 3. The second-order valence-electron chi connectivity index (χ2n) is 11.5. The summed E-state index contributed by atoms with van der Waals surface area (Å²) in [6, 6.07) is 9.75. The molecule has 40 heavy (non-hydrogen) atoms. The molecule has 1 aliphatic rings. The Bertz CT molecular complexity index is 928. The highest BCUT2D eigenvalue weighted by molar-refractivity contribution is 5.89. The molecule has 1 fully saturated rings. The minimum absolute atomic E-state index is 0.108. The third kappa shape index (κ3) is 12.6. The number of rotatable bonds is 15. The number of carbonyl (C=O) groups excluding carboxylic acids is 3. The lowest BCUT2D eigenvalue weighted by molar-refractivity contribution is -0.203. The molecular formula is C31H49N3O6. The topological polar surface area (TPSA) is 117 Å². The standard InChI is InChI=1S/C31H49N3O6/c1-22(2)20-27(30(37)32-34(21-23(3)4)28(36)18-17-24(5)35)26(15-11-14-25-12-7-6-8-13-25)31(38)33-40-29-16-9-10-19-39-29/h6-8,11-14,22-24,26-27,29,35H,9-10,15-21H2,1-5H3,(H,32,37)(H,33,38)/b14-11+/t24?,26-,27+,29?/m0/s1. The van der Waals surface area contributed by atoms with Crippen LogP contribution in [0.4, 0.5) is 0 Å². The number of allylic oxidation sites excluding steroid dienone is 1. The first kappa shape index (κ1) is 33.5. The summed E-state index contributed by atoms with van der Waals surface area (Å²) in [5.74, 6) is -2.28. The van der Waals surface area contributed by atoms with Gasteiger partial charge in [-0.1, -0.05) is 70.2 Å². The molecule has 4 atom stereocenters. The van der Waals surface area contributed by atoms with Gasteiger partial charge >= 0.3 is 0 Å². The van der Waals surface area contributed by atoms with Crippen LogP contribution in [0.25, 0.3) is 6.08 Å². The highest BCUT2D eigenvalue weighted by Crippen LogP contribution is 2.26. The maximum absolute atomic E-state index is 13.8. The van der Waals surface area contributed by atoms with Crippen LogP contribution >= 0.6 is 0 Å². The Labute approximate surface area is 239 Å². The molecule has 3 N–H and O–H groups in total. The number of hydroxylamine groups is 1. The Morgan fingerprint density at radius 3 is 2.38 bits per heavy atom. The average molecular weight is 560 g/mol. The Hall–Kier alpha value is -2.75. The number of hydrazine groups is 1. The number of aliphatic hydroxyl groups excluding tert-OH is 1. The van der Waals surface area contributed by atoms with Crippen molar-refractivity contribution in [3.8, 4) is 0 Å². The van der Waals surface area contributed by atoms with Crippen LogP contribution in [-0.4, -0.2) is 53.4 Å². The SMILES string of the molecule is CC(C)C[C@@H](C(=O)NN(CC(C)C)C(=O)CCC(C)O)[C@H](C/C=C/c1ccccc1)C(=O)NOC1CCCCO1. The second-order valence-corrected chi connectivity index (χ2v) is 11.5. The Morgan fingerprint density at radius 2 is 1.77 bits per heavy atom. The van der Waals surface area contributed by atoms with E-state index in [9.17, 15) is 19.5 Å². The molecule has 0 spiro atoms. The minimum atomic E-state index is -0.737. The van der Waals surface area contributed by atoms with Crippen molar-refractivity contribution in [1.29, 1.82) is 0 Å². The number of nitrogens with zero attached hydrogens (tertiary/aromatic N) is 1. The molecule has 2 rings (SSSR count). The smallest absolute Gasteiger partial charge is 0.247 e. The maximum atomic E-state index is 13.8. The monoisotopic (exact) mass is 559 g/mol. The van der Waals surface area contributed by atoms with Crippen LogP contribution < -0.4 is 10.9 Å². The number of amides is 3. The quantitative estimate of drug-likeness (QED) is 0.270. The number of ether oxygens (including phenoxy) is 1. The number of hydrogen-bond acceptors (Lipinski definition) is 6. The number of carbonyl (C=O) groups is 3. The van der Waals surface area contributed by atoms with Crippen molar-refractivity contribution >= 4 is 23.8 Å². The van der Waals surface area contributed by atoms with Gasteiger partial charge in [0.2, 0.25) is 17.7 Å². The van der Waals surface area contributed by atoms with Crippen molar-refractivity contribution < 1.29 is 29.1 Å². The lowest BCUT2D eigenvalue weighted by Crippen LogP contribution is -2.52. The van der Waals surface area contributed by atoms with E-state index in [1.807, 2.05) is 70.2 Å². The summed E-state index contributed by atoms with van der Waals surface area (Å²) in [5, 5.41) is 11.0. The largest absolute Gasteiger partial charge is 0.393 e. The van der Waals surface area contributed by atoms with Crippen LogP contribution in [-0.2, 0) is 24.0 Å². The molecule has 1 aromatic rings. The van der Waals surface area contributed by atoms with Crippen molar-refractivity contribution in [1.82, 2.24) is 15.9 Å². The van der Waals surface area contributed by atoms with E-state index in [1.165, 1.54) is 5.01 Å². The average Bonchev–Trinajstić information content (AvgIpc) is 2.92. The first-order valence-corrected chi connectivity index (χ1v) is 14.6. The molecule has 1 heterocycles. The Kier molecular flexibility index (Phi) is 14.9. The van der Waals surface area contributed by atoms with Gasteiger partial charge in [-0.3, -0.25) is 24.8 Å². The molecule has 0 bridgehead atoms. The summed E-state index contributed by atoms with van der Waals surface area (Å²) in [6.07, 6.45) is 6.46. The van der Waals surface area contributed by atoms with Crippen molar-refractivity contribution in [2.75, 3.05) is 13.2 Å². The first-order valence-electron chi connectivity index (χ1n) is 14.6. The molecule has 9 nitrogen and oxygen atoms in total. The van der Waals surface area contributed by atoms with E-state index in [0.717, 1.165) is 18.4 Å². The molecule has 0 aliphatic carbocycles. The highest BCUT2D eigenvalue weighted by Gasteiger charge is 2.35. The molecule has 0 aromatic heterocycles. The van der Waals surface area contributed by atoms with Crippen LogP contribution in [0.15, 0.2) is 36.4 Å². The number of aliphatic hydroxyl groups is 1. The Morgan fingerprint density at radius 1 is 1.05 bits per heavy atom. The number of benzene rings is 1. The van der Waals surface area contributed by atoms with E-state index >= 15 is 0 Å². The molecule has 0 saturated carbocycles. The van der Waals surface area contributed by atoms with Gasteiger partial charge in [-0.05, 0) is 56.4 Å². The number of nitrogens with one attached hydrogen (secondary N) is 2. The van der Waals surface area contributed by atoms with Gasteiger partial charge in [0.05, 0.1) is 17.9 Å². The van der Waals surface area contributed by atoms with Gasteiger partial charge < -0.3 is 9.84 Å². The summed E-state index contributed by atoms with van der Waals surface area (Å²) >= 11 is 0. The highest BCUT2D eigenvalue weighted by atomic mass is 16.8. The van der Waals surface area contributed by atoms with Crippen LogP contribution in [0.2, 0.25) is 0 Å². The third-order valence-corrected chi connectivity index (χ3v) is 6.68. The van der Waals surface area contributed by atoms with E-state index in [1.54, 1.807) is 6.92 Å². The van der Waals surface area contributed by atoms with Gasteiger partial charge in [0.15, 0.2) is 6.29 Å². The normalized spacial score (nSPS) is 17.9. The van der Waals surface area contributed by atoms with Crippen LogP contribution in [0.1, 0.15) is 85.1 Å². The lowest BCUT2D eigenvalue weighted by atomic mass is 9.82. The van der Waals surface area contributed by atoms with Crippen molar-refractivity contribution in [3.63, 3.8) is 0 Å². The molecule has 1 aromatic carbocycles.